The molecule has 0 amide bonds. The van der Waals surface area contributed by atoms with E-state index in [0.717, 1.165) is 122 Å². The van der Waals surface area contributed by atoms with Crippen molar-refractivity contribution in [1.29, 1.82) is 0 Å². The van der Waals surface area contributed by atoms with Crippen LogP contribution < -0.4 is 0 Å². The highest BCUT2D eigenvalue weighted by Gasteiger charge is 2.29. The van der Waals surface area contributed by atoms with Crippen molar-refractivity contribution in [2.24, 2.45) is 0 Å². The lowest BCUT2D eigenvalue weighted by Gasteiger charge is -2.29. The minimum atomic E-state index is 1.10. The molecule has 0 aliphatic carbocycles. The molecular formula is C67H45N5. The number of hydrogen-bond donors (Lipinski definition) is 0. The second kappa shape index (κ2) is 19.7. The van der Waals surface area contributed by atoms with Gasteiger partial charge in [-0.2, -0.15) is 0 Å². The van der Waals surface area contributed by atoms with Gasteiger partial charge in [-0.05, 0) is 183 Å². The molecule has 5 heteroatoms. The van der Waals surface area contributed by atoms with Gasteiger partial charge in [0.05, 0.1) is 0 Å². The normalized spacial score (nSPS) is 11.1. The van der Waals surface area contributed by atoms with Gasteiger partial charge in [0.1, 0.15) is 0 Å². The van der Waals surface area contributed by atoms with E-state index >= 15 is 0 Å². The zero-order valence-corrected chi connectivity index (χ0v) is 39.2. The van der Waals surface area contributed by atoms with Crippen molar-refractivity contribution in [3.05, 3.63) is 274 Å². The molecule has 0 bridgehead atoms. The van der Waals surface area contributed by atoms with E-state index in [1.807, 2.05) is 62.0 Å². The highest BCUT2D eigenvalue weighted by Crippen LogP contribution is 2.56. The van der Waals surface area contributed by atoms with Crippen LogP contribution in [-0.2, 0) is 0 Å². The van der Waals surface area contributed by atoms with Crippen molar-refractivity contribution in [3.63, 3.8) is 0 Å². The Kier molecular flexibility index (Phi) is 11.9. The smallest absolute Gasteiger partial charge is 0.0273 e. The van der Waals surface area contributed by atoms with Crippen molar-refractivity contribution >= 4 is 0 Å². The lowest BCUT2D eigenvalue weighted by molar-refractivity contribution is 1.33. The van der Waals surface area contributed by atoms with E-state index in [9.17, 15) is 0 Å². The largest absolute Gasteiger partial charge is 0.265 e. The van der Waals surface area contributed by atoms with Crippen molar-refractivity contribution < 1.29 is 0 Å². The monoisotopic (exact) mass is 919 g/mol. The summed E-state index contributed by atoms with van der Waals surface area (Å²) in [6.07, 6.45) is 18.5. The van der Waals surface area contributed by atoms with E-state index in [2.05, 4.69) is 237 Å². The summed E-state index contributed by atoms with van der Waals surface area (Å²) in [5.74, 6) is 0. The van der Waals surface area contributed by atoms with Gasteiger partial charge in [0.15, 0.2) is 0 Å². The summed E-state index contributed by atoms with van der Waals surface area (Å²) in [5, 5.41) is 0. The quantitative estimate of drug-likeness (QED) is 0.129. The molecule has 72 heavy (non-hydrogen) atoms. The van der Waals surface area contributed by atoms with Crippen molar-refractivity contribution in [1.82, 2.24) is 24.9 Å². The highest BCUT2D eigenvalue weighted by atomic mass is 14.6. The van der Waals surface area contributed by atoms with Gasteiger partial charge in [-0.1, -0.05) is 152 Å². The van der Waals surface area contributed by atoms with Crippen LogP contribution >= 0.6 is 0 Å². The molecule has 12 rings (SSSR count). The zero-order chi connectivity index (χ0) is 48.1. The van der Waals surface area contributed by atoms with Crippen LogP contribution in [0.3, 0.4) is 0 Å². The number of benzene rings is 7. The molecule has 0 radical (unpaired) electrons. The Hall–Kier alpha value is -9.71. The van der Waals surface area contributed by atoms with Gasteiger partial charge in [-0.15, -0.1) is 0 Å². The number of pyridine rings is 5. The SMILES string of the molecule is c1ccc(-c2c(-c3ccc(-c4ccncc4)cc3)c(-c3ccc(-c4ccncc4)cc3)c(-c3ccc(-c4ccncc4)cc3)c(-c3ccc(-c4ccncc4)cc3)c2-c2ccc(-c3ccncc3)cc2)cc1. The number of aromatic nitrogens is 5. The summed E-state index contributed by atoms with van der Waals surface area (Å²) < 4.78 is 0. The molecule has 0 unspecified atom stereocenters. The number of nitrogens with zero attached hydrogens (tertiary/aromatic N) is 5. The molecule has 338 valence electrons. The topological polar surface area (TPSA) is 64.5 Å². The first-order valence-corrected chi connectivity index (χ1v) is 24.1. The van der Waals surface area contributed by atoms with Crippen molar-refractivity contribution in [2.75, 3.05) is 0 Å². The molecule has 5 nitrogen and oxygen atoms in total. The fourth-order valence-electron chi connectivity index (χ4n) is 9.96. The van der Waals surface area contributed by atoms with Gasteiger partial charge in [0.2, 0.25) is 0 Å². The van der Waals surface area contributed by atoms with Gasteiger partial charge >= 0.3 is 0 Å². The van der Waals surface area contributed by atoms with Crippen molar-refractivity contribution in [2.45, 2.75) is 0 Å². The van der Waals surface area contributed by atoms with Gasteiger partial charge in [0, 0.05) is 62.0 Å². The van der Waals surface area contributed by atoms with Crippen LogP contribution in [0.25, 0.3) is 122 Å². The molecule has 0 atom stereocenters. The van der Waals surface area contributed by atoms with Crippen LogP contribution in [0, 0.1) is 0 Å². The minimum Gasteiger partial charge on any atom is -0.265 e. The molecule has 0 saturated heterocycles. The Morgan fingerprint density at radius 1 is 0.125 bits per heavy atom. The maximum atomic E-state index is 4.32. The second-order valence-electron chi connectivity index (χ2n) is 17.7. The molecule has 5 heterocycles. The molecule has 0 spiro atoms. The highest BCUT2D eigenvalue weighted by molar-refractivity contribution is 6.15. The van der Waals surface area contributed by atoms with Gasteiger partial charge in [-0.25, -0.2) is 0 Å². The first-order chi connectivity index (χ1) is 35.7. The summed E-state index contributed by atoms with van der Waals surface area (Å²) in [4.78, 5) is 21.6. The third kappa shape index (κ3) is 8.68. The fourth-order valence-corrected chi connectivity index (χ4v) is 9.96. The van der Waals surface area contributed by atoms with E-state index in [1.54, 1.807) is 0 Å². The molecule has 0 fully saturated rings. The Labute approximate surface area is 419 Å². The van der Waals surface area contributed by atoms with Crippen LogP contribution in [0.2, 0.25) is 0 Å². The molecule has 7 aromatic carbocycles. The Bertz CT molecular complexity index is 3550. The first kappa shape index (κ1) is 43.6. The molecule has 5 aromatic heterocycles. The van der Waals surface area contributed by atoms with E-state index < -0.39 is 0 Å². The molecule has 0 aliphatic rings. The van der Waals surface area contributed by atoms with E-state index in [-0.39, 0.29) is 0 Å². The lowest BCUT2D eigenvalue weighted by Crippen LogP contribution is -2.02. The maximum Gasteiger partial charge on any atom is 0.0273 e. The average Bonchev–Trinajstić information content (AvgIpc) is 3.48. The second-order valence-corrected chi connectivity index (χ2v) is 17.7. The number of rotatable bonds is 11. The van der Waals surface area contributed by atoms with Crippen LogP contribution in [-0.4, -0.2) is 24.9 Å². The molecular weight excluding hydrogens is 875 g/mol. The van der Waals surface area contributed by atoms with Crippen LogP contribution in [0.1, 0.15) is 0 Å². The Balaban J connectivity index is 1.23. The fraction of sp³-hybridized carbons (Fsp3) is 0. The van der Waals surface area contributed by atoms with E-state index in [0.29, 0.717) is 0 Å². The summed E-state index contributed by atoms with van der Waals surface area (Å²) in [6.45, 7) is 0. The summed E-state index contributed by atoms with van der Waals surface area (Å²) in [6, 6.07) is 77.0. The van der Waals surface area contributed by atoms with Gasteiger partial charge in [-0.3, -0.25) is 24.9 Å². The maximum absolute atomic E-state index is 4.32. The first-order valence-electron chi connectivity index (χ1n) is 24.1. The third-order valence-electron chi connectivity index (χ3n) is 13.5. The number of hydrogen-bond acceptors (Lipinski definition) is 5. The van der Waals surface area contributed by atoms with E-state index in [4.69, 9.17) is 0 Å². The molecule has 0 saturated carbocycles. The average molecular weight is 920 g/mol. The lowest BCUT2D eigenvalue weighted by atomic mass is 9.73. The summed E-state index contributed by atoms with van der Waals surface area (Å²) in [5.41, 5.74) is 24.6. The Morgan fingerprint density at radius 2 is 0.264 bits per heavy atom. The zero-order valence-electron chi connectivity index (χ0n) is 39.2. The van der Waals surface area contributed by atoms with Crippen molar-refractivity contribution in [3.8, 4) is 122 Å². The van der Waals surface area contributed by atoms with Gasteiger partial charge in [0.25, 0.3) is 0 Å². The molecule has 0 aliphatic heterocycles. The third-order valence-corrected chi connectivity index (χ3v) is 13.5. The Morgan fingerprint density at radius 3 is 0.444 bits per heavy atom. The minimum absolute atomic E-state index is 1.10. The predicted octanol–water partition coefficient (Wildman–Crippen LogP) is 17.0. The van der Waals surface area contributed by atoms with Crippen LogP contribution in [0.4, 0.5) is 0 Å². The van der Waals surface area contributed by atoms with Gasteiger partial charge < -0.3 is 0 Å². The van der Waals surface area contributed by atoms with Crippen LogP contribution in [0.5, 0.6) is 0 Å². The van der Waals surface area contributed by atoms with Crippen LogP contribution in [0.15, 0.2) is 274 Å². The van der Waals surface area contributed by atoms with E-state index in [1.165, 1.54) is 0 Å². The molecule has 12 aromatic rings. The predicted molar refractivity (Wildman–Crippen MR) is 295 cm³/mol. The standard InChI is InChI=1S/C67H45N5/c1-2-4-56(5-3-1)62-63(57-16-6-46(7-17-57)51-26-36-68-37-27-51)65(59-20-10-48(11-21-59)53-30-40-70-41-31-53)67(61-24-14-50(15-25-61)55-34-44-72-45-35-55)66(60-22-12-49(13-23-60)54-32-42-71-43-33-54)64(62)58-18-8-47(9-19-58)52-28-38-69-39-29-52/h1-45H. The summed E-state index contributed by atoms with van der Waals surface area (Å²) in [7, 11) is 0. The molecule has 0 N–H and O–H groups in total. The summed E-state index contributed by atoms with van der Waals surface area (Å²) >= 11 is 0.